The van der Waals surface area contributed by atoms with Gasteiger partial charge in [-0.25, -0.2) is 4.79 Å². The van der Waals surface area contributed by atoms with Crippen molar-refractivity contribution in [1.29, 1.82) is 0 Å². The van der Waals surface area contributed by atoms with E-state index in [0.717, 1.165) is 24.8 Å². The van der Waals surface area contributed by atoms with E-state index < -0.39 is 5.63 Å². The molecule has 2 aromatic rings. The van der Waals surface area contributed by atoms with Crippen LogP contribution in [0.25, 0.3) is 10.9 Å². The van der Waals surface area contributed by atoms with Gasteiger partial charge in [0.15, 0.2) is 0 Å². The molecule has 0 saturated carbocycles. The van der Waals surface area contributed by atoms with Gasteiger partial charge in [-0.1, -0.05) is 19.8 Å². The molecule has 0 atom stereocenters. The molecule has 0 aliphatic heterocycles. The summed E-state index contributed by atoms with van der Waals surface area (Å²) in [6.45, 7) is 4.41. The van der Waals surface area contributed by atoms with E-state index in [9.17, 15) is 4.79 Å². The van der Waals surface area contributed by atoms with Gasteiger partial charge in [0.05, 0.1) is 17.5 Å². The number of nitrogens with zero attached hydrogens (tertiary/aromatic N) is 1. The number of aryl methyl sites for hydroxylation is 1. The van der Waals surface area contributed by atoms with Gasteiger partial charge in [-0.15, -0.1) is 0 Å². The molecule has 0 amide bonds. The molecule has 0 spiro atoms. The third-order valence-corrected chi connectivity index (χ3v) is 2.91. The normalized spacial score (nSPS) is 10.8. The highest BCUT2D eigenvalue weighted by Gasteiger charge is 2.10. The van der Waals surface area contributed by atoms with Gasteiger partial charge >= 0.3 is 11.7 Å². The van der Waals surface area contributed by atoms with Crippen LogP contribution in [0.15, 0.2) is 21.3 Å². The van der Waals surface area contributed by atoms with Crippen molar-refractivity contribution < 1.29 is 9.15 Å². The summed E-state index contributed by atoms with van der Waals surface area (Å²) < 4.78 is 10.4. The van der Waals surface area contributed by atoms with Crippen LogP contribution in [0.5, 0.6) is 6.08 Å². The number of hydrogen-bond donors (Lipinski definition) is 1. The highest BCUT2D eigenvalue weighted by Crippen LogP contribution is 2.19. The second-order valence-corrected chi connectivity index (χ2v) is 4.55. The van der Waals surface area contributed by atoms with Crippen molar-refractivity contribution in [3.63, 3.8) is 0 Å². The highest BCUT2D eigenvalue weighted by atomic mass is 16.6. The third-order valence-electron chi connectivity index (χ3n) is 2.91. The number of unbranched alkanes of at least 4 members (excludes halogenated alkanes) is 2. The van der Waals surface area contributed by atoms with Crippen LogP contribution in [0.2, 0.25) is 0 Å². The summed E-state index contributed by atoms with van der Waals surface area (Å²) in [6.07, 6.45) is 3.10. The van der Waals surface area contributed by atoms with E-state index >= 15 is 0 Å². The standard InChI is InChI=1S/C14H18N2O3/c1-3-4-5-6-18-14-16-11-8-10(15)7-9(2)12(11)13(17)19-14/h7-8H,3-6,15H2,1-2H3. The first-order valence-electron chi connectivity index (χ1n) is 6.45. The van der Waals surface area contributed by atoms with Crippen LogP contribution in [0.4, 0.5) is 5.69 Å². The zero-order chi connectivity index (χ0) is 13.8. The lowest BCUT2D eigenvalue weighted by atomic mass is 10.1. The fraction of sp³-hybridized carbons (Fsp3) is 0.429. The van der Waals surface area contributed by atoms with E-state index in [2.05, 4.69) is 11.9 Å². The summed E-state index contributed by atoms with van der Waals surface area (Å²) >= 11 is 0. The molecule has 0 fully saturated rings. The molecule has 0 aliphatic carbocycles. The number of hydrogen-bond acceptors (Lipinski definition) is 5. The van der Waals surface area contributed by atoms with Gasteiger partial charge in [-0.3, -0.25) is 0 Å². The first-order chi connectivity index (χ1) is 9.11. The second-order valence-electron chi connectivity index (χ2n) is 4.55. The van der Waals surface area contributed by atoms with Crippen molar-refractivity contribution >= 4 is 16.6 Å². The van der Waals surface area contributed by atoms with Gasteiger partial charge in [0, 0.05) is 5.69 Å². The Balaban J connectivity index is 2.31. The lowest BCUT2D eigenvalue weighted by Gasteiger charge is -2.05. The van der Waals surface area contributed by atoms with Gasteiger partial charge < -0.3 is 14.9 Å². The maximum Gasteiger partial charge on any atom is 0.397 e. The summed E-state index contributed by atoms with van der Waals surface area (Å²) in [4.78, 5) is 16.1. The van der Waals surface area contributed by atoms with Crippen molar-refractivity contribution in [3.8, 4) is 6.08 Å². The van der Waals surface area contributed by atoms with E-state index in [4.69, 9.17) is 14.9 Å². The van der Waals surface area contributed by atoms with Crippen LogP contribution in [0, 0.1) is 6.92 Å². The Morgan fingerprint density at radius 1 is 1.37 bits per heavy atom. The maximum atomic E-state index is 11.9. The average molecular weight is 262 g/mol. The minimum Gasteiger partial charge on any atom is -0.450 e. The van der Waals surface area contributed by atoms with E-state index in [0.29, 0.717) is 23.2 Å². The lowest BCUT2D eigenvalue weighted by Crippen LogP contribution is -2.08. The van der Waals surface area contributed by atoms with Gasteiger partial charge in [0.2, 0.25) is 0 Å². The monoisotopic (exact) mass is 262 g/mol. The Morgan fingerprint density at radius 3 is 2.89 bits per heavy atom. The number of fused-ring (bicyclic) bond motifs is 1. The zero-order valence-electron chi connectivity index (χ0n) is 11.2. The smallest absolute Gasteiger partial charge is 0.397 e. The Hall–Kier alpha value is -2.04. The molecule has 102 valence electrons. The van der Waals surface area contributed by atoms with Crippen LogP contribution in [0.1, 0.15) is 31.7 Å². The van der Waals surface area contributed by atoms with Crippen LogP contribution in [-0.2, 0) is 0 Å². The fourth-order valence-corrected chi connectivity index (χ4v) is 1.97. The predicted octanol–water partition coefficient (Wildman–Crippen LogP) is 2.65. The van der Waals surface area contributed by atoms with Crippen molar-refractivity contribution in [2.24, 2.45) is 0 Å². The molecule has 0 radical (unpaired) electrons. The number of nitrogens with two attached hydrogens (primary N) is 1. The summed E-state index contributed by atoms with van der Waals surface area (Å²) in [5.41, 5.74) is 7.15. The van der Waals surface area contributed by atoms with E-state index in [1.54, 1.807) is 19.1 Å². The number of ether oxygens (including phenoxy) is 1. The van der Waals surface area contributed by atoms with E-state index in [1.807, 2.05) is 0 Å². The van der Waals surface area contributed by atoms with Gasteiger partial charge in [-0.05, 0) is 31.0 Å². The Morgan fingerprint density at radius 2 is 2.16 bits per heavy atom. The molecule has 1 heterocycles. The predicted molar refractivity (Wildman–Crippen MR) is 74.4 cm³/mol. The molecule has 0 aliphatic rings. The third kappa shape index (κ3) is 3.05. The molecule has 1 aromatic heterocycles. The van der Waals surface area contributed by atoms with Crippen LogP contribution in [-0.4, -0.2) is 11.6 Å². The largest absolute Gasteiger partial charge is 0.450 e. The van der Waals surface area contributed by atoms with Crippen LogP contribution >= 0.6 is 0 Å². The summed E-state index contributed by atoms with van der Waals surface area (Å²) in [5.74, 6) is 0. The number of rotatable bonds is 5. The first-order valence-corrected chi connectivity index (χ1v) is 6.45. The molecule has 5 heteroatoms. The second kappa shape index (κ2) is 5.73. The van der Waals surface area contributed by atoms with Gasteiger partial charge in [0.25, 0.3) is 0 Å². The Labute approximate surface area is 111 Å². The van der Waals surface area contributed by atoms with E-state index in [1.165, 1.54) is 0 Å². The van der Waals surface area contributed by atoms with Gasteiger partial charge in [0.1, 0.15) is 0 Å². The molecular formula is C14H18N2O3. The Kier molecular flexibility index (Phi) is 4.04. The molecule has 0 saturated heterocycles. The van der Waals surface area contributed by atoms with E-state index in [-0.39, 0.29) is 6.08 Å². The lowest BCUT2D eigenvalue weighted by molar-refractivity contribution is 0.212. The van der Waals surface area contributed by atoms with Crippen molar-refractivity contribution in [1.82, 2.24) is 4.98 Å². The SMILES string of the molecule is CCCCCOc1nc2cc(N)cc(C)c2c(=O)o1. The van der Waals surface area contributed by atoms with Crippen molar-refractivity contribution in [2.45, 2.75) is 33.1 Å². The molecule has 19 heavy (non-hydrogen) atoms. The molecule has 1 aromatic carbocycles. The number of benzene rings is 1. The summed E-state index contributed by atoms with van der Waals surface area (Å²) in [7, 11) is 0. The minimum atomic E-state index is -0.437. The maximum absolute atomic E-state index is 11.9. The van der Waals surface area contributed by atoms with Crippen LogP contribution < -0.4 is 16.1 Å². The zero-order valence-corrected chi connectivity index (χ0v) is 11.2. The van der Waals surface area contributed by atoms with Crippen molar-refractivity contribution in [2.75, 3.05) is 12.3 Å². The highest BCUT2D eigenvalue weighted by molar-refractivity contribution is 5.84. The fourth-order valence-electron chi connectivity index (χ4n) is 1.97. The molecular weight excluding hydrogens is 244 g/mol. The topological polar surface area (TPSA) is 78.4 Å². The summed E-state index contributed by atoms with van der Waals surface area (Å²) in [6, 6.07) is 3.38. The number of aromatic nitrogens is 1. The molecule has 0 bridgehead atoms. The molecule has 5 nitrogen and oxygen atoms in total. The Bertz CT molecular complexity index is 634. The van der Waals surface area contributed by atoms with Crippen LogP contribution in [0.3, 0.4) is 0 Å². The first kappa shape index (κ1) is 13.4. The minimum absolute atomic E-state index is 0.0126. The molecule has 2 rings (SSSR count). The van der Waals surface area contributed by atoms with Gasteiger partial charge in [-0.2, -0.15) is 4.98 Å². The van der Waals surface area contributed by atoms with Crippen molar-refractivity contribution in [3.05, 3.63) is 28.1 Å². The summed E-state index contributed by atoms with van der Waals surface area (Å²) in [5, 5.41) is 0.454. The number of anilines is 1. The quantitative estimate of drug-likeness (QED) is 0.662. The number of nitrogen functional groups attached to an aromatic ring is 1. The molecule has 2 N–H and O–H groups in total. The molecule has 0 unspecified atom stereocenters. The average Bonchev–Trinajstić information content (AvgIpc) is 2.33.